The third-order valence-electron chi connectivity index (χ3n) is 2.70. The summed E-state index contributed by atoms with van der Waals surface area (Å²) in [5.41, 5.74) is 6.36. The van der Waals surface area contributed by atoms with E-state index in [4.69, 9.17) is 10.5 Å². The lowest BCUT2D eigenvalue weighted by atomic mass is 10.3. The highest BCUT2D eigenvalue weighted by Crippen LogP contribution is 2.22. The van der Waals surface area contributed by atoms with E-state index < -0.39 is 0 Å². The predicted molar refractivity (Wildman–Crippen MR) is 76.3 cm³/mol. The Kier molecular flexibility index (Phi) is 5.71. The molecule has 0 radical (unpaired) electrons. The lowest BCUT2D eigenvalue weighted by Gasteiger charge is -2.25. The first-order valence-corrected chi connectivity index (χ1v) is 6.28. The average molecular weight is 252 g/mol. The Balaban J connectivity index is 2.83. The van der Waals surface area contributed by atoms with Crippen LogP contribution in [0.25, 0.3) is 0 Å². The Morgan fingerprint density at radius 3 is 2.50 bits per heavy atom. The highest BCUT2D eigenvalue weighted by molar-refractivity contribution is 5.54. The van der Waals surface area contributed by atoms with Gasteiger partial charge in [-0.2, -0.15) is 4.98 Å². The second-order valence-electron chi connectivity index (χ2n) is 4.56. The molecule has 0 amide bonds. The number of hydrogen-bond donors (Lipinski definition) is 1. The van der Waals surface area contributed by atoms with Crippen LogP contribution in [0.3, 0.4) is 0 Å². The van der Waals surface area contributed by atoms with Gasteiger partial charge >= 0.3 is 0 Å². The molecule has 18 heavy (non-hydrogen) atoms. The van der Waals surface area contributed by atoms with Gasteiger partial charge in [0.15, 0.2) is 0 Å². The van der Waals surface area contributed by atoms with Gasteiger partial charge in [-0.1, -0.05) is 6.92 Å². The maximum atomic E-state index is 5.78. The van der Waals surface area contributed by atoms with Crippen LogP contribution < -0.4 is 15.4 Å². The first-order chi connectivity index (χ1) is 8.58. The fraction of sp³-hybridized carbons (Fsp3) is 0.615. The SMILES string of the molecule is CCCN(CCN(C)C)c1ccc(N)c(OC)n1. The number of pyridine rings is 1. The Labute approximate surface area is 110 Å². The number of hydrogen-bond acceptors (Lipinski definition) is 5. The number of nitrogen functional groups attached to an aromatic ring is 1. The van der Waals surface area contributed by atoms with Gasteiger partial charge in [0.25, 0.3) is 0 Å². The van der Waals surface area contributed by atoms with E-state index in [0.29, 0.717) is 11.6 Å². The maximum absolute atomic E-state index is 5.78. The molecule has 1 aromatic heterocycles. The smallest absolute Gasteiger partial charge is 0.238 e. The number of nitrogens with two attached hydrogens (primary N) is 1. The van der Waals surface area contributed by atoms with Gasteiger partial charge < -0.3 is 20.3 Å². The lowest BCUT2D eigenvalue weighted by Crippen LogP contribution is -2.33. The van der Waals surface area contributed by atoms with Crippen LogP contribution in [0.5, 0.6) is 5.88 Å². The molecule has 0 aliphatic rings. The van der Waals surface area contributed by atoms with E-state index in [9.17, 15) is 0 Å². The van der Waals surface area contributed by atoms with Crippen LogP contribution in [0, 0.1) is 0 Å². The first-order valence-electron chi connectivity index (χ1n) is 6.28. The summed E-state index contributed by atoms with van der Waals surface area (Å²) < 4.78 is 5.17. The summed E-state index contributed by atoms with van der Waals surface area (Å²) in [4.78, 5) is 8.86. The van der Waals surface area contributed by atoms with Crippen molar-refractivity contribution in [2.45, 2.75) is 13.3 Å². The first kappa shape index (κ1) is 14.6. The van der Waals surface area contributed by atoms with Crippen LogP contribution in [0.2, 0.25) is 0 Å². The molecule has 1 aromatic rings. The lowest BCUT2D eigenvalue weighted by molar-refractivity contribution is 0.397. The molecular weight excluding hydrogens is 228 g/mol. The van der Waals surface area contributed by atoms with Gasteiger partial charge in [-0.25, -0.2) is 0 Å². The van der Waals surface area contributed by atoms with Gasteiger partial charge in [-0.05, 0) is 32.6 Å². The molecule has 5 heteroatoms. The van der Waals surface area contributed by atoms with E-state index in [0.717, 1.165) is 31.9 Å². The van der Waals surface area contributed by atoms with E-state index in [1.807, 2.05) is 12.1 Å². The summed E-state index contributed by atoms with van der Waals surface area (Å²) in [6, 6.07) is 3.79. The van der Waals surface area contributed by atoms with Crippen LogP contribution in [-0.2, 0) is 0 Å². The minimum absolute atomic E-state index is 0.499. The van der Waals surface area contributed by atoms with Crippen molar-refractivity contribution in [3.8, 4) is 5.88 Å². The Hall–Kier alpha value is -1.49. The maximum Gasteiger partial charge on any atom is 0.238 e. The Morgan fingerprint density at radius 1 is 1.22 bits per heavy atom. The van der Waals surface area contributed by atoms with E-state index in [2.05, 4.69) is 35.8 Å². The number of rotatable bonds is 7. The van der Waals surface area contributed by atoms with Gasteiger partial charge in [-0.15, -0.1) is 0 Å². The molecule has 0 aliphatic heterocycles. The molecule has 0 saturated heterocycles. The van der Waals surface area contributed by atoms with Gasteiger partial charge in [0.2, 0.25) is 5.88 Å². The van der Waals surface area contributed by atoms with E-state index in [1.165, 1.54) is 0 Å². The number of nitrogens with zero attached hydrogens (tertiary/aromatic N) is 3. The highest BCUT2D eigenvalue weighted by atomic mass is 16.5. The van der Waals surface area contributed by atoms with Gasteiger partial charge in [0, 0.05) is 19.6 Å². The van der Waals surface area contributed by atoms with Crippen molar-refractivity contribution in [1.82, 2.24) is 9.88 Å². The Morgan fingerprint density at radius 2 is 1.94 bits per heavy atom. The number of aromatic nitrogens is 1. The van der Waals surface area contributed by atoms with Crippen LogP contribution in [-0.4, -0.2) is 50.7 Å². The number of likely N-dealkylation sites (N-methyl/N-ethyl adjacent to an activating group) is 1. The third-order valence-corrected chi connectivity index (χ3v) is 2.70. The quantitative estimate of drug-likeness (QED) is 0.796. The minimum atomic E-state index is 0.499. The normalized spacial score (nSPS) is 10.7. The largest absolute Gasteiger partial charge is 0.479 e. The number of methoxy groups -OCH3 is 1. The topological polar surface area (TPSA) is 54.6 Å². The molecule has 0 unspecified atom stereocenters. The zero-order valence-electron chi connectivity index (χ0n) is 11.8. The molecule has 102 valence electrons. The standard InChI is InChI=1S/C13H24N4O/c1-5-8-17(10-9-16(2)3)12-7-6-11(14)13(15-12)18-4/h6-7H,5,8-10,14H2,1-4H3. The van der Waals surface area contributed by atoms with Crippen molar-refractivity contribution >= 4 is 11.5 Å². The summed E-state index contributed by atoms with van der Waals surface area (Å²) >= 11 is 0. The summed E-state index contributed by atoms with van der Waals surface area (Å²) in [6.07, 6.45) is 1.09. The zero-order chi connectivity index (χ0) is 13.5. The van der Waals surface area contributed by atoms with Crippen molar-refractivity contribution in [1.29, 1.82) is 0 Å². The monoisotopic (exact) mass is 252 g/mol. The van der Waals surface area contributed by atoms with E-state index in [1.54, 1.807) is 7.11 Å². The molecule has 0 bridgehead atoms. The summed E-state index contributed by atoms with van der Waals surface area (Å²) in [6.45, 7) is 5.08. The predicted octanol–water partition coefficient (Wildman–Crippen LogP) is 1.45. The fourth-order valence-corrected chi connectivity index (χ4v) is 1.71. The summed E-state index contributed by atoms with van der Waals surface area (Å²) in [5, 5.41) is 0. The molecule has 5 nitrogen and oxygen atoms in total. The molecule has 1 heterocycles. The summed E-state index contributed by atoms with van der Waals surface area (Å²) in [7, 11) is 5.73. The molecule has 0 saturated carbocycles. The molecule has 0 aliphatic carbocycles. The molecule has 0 atom stereocenters. The van der Waals surface area contributed by atoms with Crippen molar-refractivity contribution in [2.75, 3.05) is 51.5 Å². The second kappa shape index (κ2) is 7.06. The fourth-order valence-electron chi connectivity index (χ4n) is 1.71. The highest BCUT2D eigenvalue weighted by Gasteiger charge is 2.10. The van der Waals surface area contributed by atoms with Crippen LogP contribution in [0.4, 0.5) is 11.5 Å². The van der Waals surface area contributed by atoms with Crippen molar-refractivity contribution < 1.29 is 4.74 Å². The molecule has 0 spiro atoms. The minimum Gasteiger partial charge on any atom is -0.479 e. The van der Waals surface area contributed by atoms with Gasteiger partial charge in [0.05, 0.1) is 12.8 Å². The van der Waals surface area contributed by atoms with Crippen molar-refractivity contribution in [3.63, 3.8) is 0 Å². The molecule has 0 aromatic carbocycles. The second-order valence-corrected chi connectivity index (χ2v) is 4.56. The number of anilines is 2. The molecule has 0 fully saturated rings. The van der Waals surface area contributed by atoms with Gasteiger partial charge in [0.1, 0.15) is 5.82 Å². The summed E-state index contributed by atoms with van der Waals surface area (Å²) in [5.74, 6) is 1.42. The molecule has 2 N–H and O–H groups in total. The van der Waals surface area contributed by atoms with E-state index >= 15 is 0 Å². The number of ether oxygens (including phenoxy) is 1. The Bertz CT molecular complexity index is 368. The van der Waals surface area contributed by atoms with Gasteiger partial charge in [-0.3, -0.25) is 0 Å². The van der Waals surface area contributed by atoms with Crippen LogP contribution >= 0.6 is 0 Å². The average Bonchev–Trinajstić information content (AvgIpc) is 2.35. The molecule has 1 rings (SSSR count). The van der Waals surface area contributed by atoms with E-state index in [-0.39, 0.29) is 0 Å². The zero-order valence-corrected chi connectivity index (χ0v) is 11.8. The van der Waals surface area contributed by atoms with Crippen LogP contribution in [0.1, 0.15) is 13.3 Å². The van der Waals surface area contributed by atoms with Crippen molar-refractivity contribution in [3.05, 3.63) is 12.1 Å². The van der Waals surface area contributed by atoms with Crippen LogP contribution in [0.15, 0.2) is 12.1 Å². The third kappa shape index (κ3) is 4.07. The van der Waals surface area contributed by atoms with Crippen molar-refractivity contribution in [2.24, 2.45) is 0 Å². The molecular formula is C13H24N4O.